The van der Waals surface area contributed by atoms with E-state index in [-0.39, 0.29) is 25.7 Å². The first kappa shape index (κ1) is 83.1. The van der Waals surface area contributed by atoms with E-state index in [1.54, 1.807) is 0 Å². The number of carbonyl (C=O) groups is 4. The lowest BCUT2D eigenvalue weighted by Gasteiger charge is -2.21. The van der Waals surface area contributed by atoms with Crippen molar-refractivity contribution in [1.82, 2.24) is 0 Å². The lowest BCUT2D eigenvalue weighted by Crippen LogP contribution is -2.30. The third-order valence-electron chi connectivity index (χ3n) is 15.3. The average Bonchev–Trinajstić information content (AvgIpc) is 3.51. The van der Waals surface area contributed by atoms with Gasteiger partial charge in [0.05, 0.1) is 26.4 Å². The van der Waals surface area contributed by atoms with Gasteiger partial charge < -0.3 is 33.8 Å². The van der Waals surface area contributed by atoms with Crippen molar-refractivity contribution in [3.8, 4) is 0 Å². The van der Waals surface area contributed by atoms with Gasteiger partial charge >= 0.3 is 39.5 Å². The maximum Gasteiger partial charge on any atom is 0.472 e. The molecular weight excluding hydrogens is 1130 g/mol. The van der Waals surface area contributed by atoms with Crippen molar-refractivity contribution in [2.24, 2.45) is 5.92 Å². The quantitative estimate of drug-likeness (QED) is 0.0222. The van der Waals surface area contributed by atoms with Crippen LogP contribution in [0.25, 0.3) is 0 Å². The second-order valence-electron chi connectivity index (χ2n) is 24.3. The van der Waals surface area contributed by atoms with Crippen LogP contribution in [0, 0.1) is 5.92 Å². The predicted molar refractivity (Wildman–Crippen MR) is 340 cm³/mol. The first-order valence-corrected chi connectivity index (χ1v) is 37.6. The minimum atomic E-state index is -4.94. The summed E-state index contributed by atoms with van der Waals surface area (Å²) in [6.45, 7) is 7.15. The fourth-order valence-electron chi connectivity index (χ4n) is 9.94. The van der Waals surface area contributed by atoms with E-state index >= 15 is 0 Å². The number of phosphoric ester groups is 2. The summed E-state index contributed by atoms with van der Waals surface area (Å²) in [5.41, 5.74) is 0. The van der Waals surface area contributed by atoms with Gasteiger partial charge in [0.2, 0.25) is 0 Å². The summed E-state index contributed by atoms with van der Waals surface area (Å²) in [4.78, 5) is 72.1. The Balaban J connectivity index is 5.16. The molecule has 0 saturated heterocycles. The molecule has 3 N–H and O–H groups in total. The lowest BCUT2D eigenvalue weighted by atomic mass is 10.0. The zero-order valence-electron chi connectivity index (χ0n) is 54.7. The molecule has 0 saturated carbocycles. The summed E-state index contributed by atoms with van der Waals surface area (Å²) in [7, 11) is -9.88. The molecule has 2 unspecified atom stereocenters. The first-order valence-electron chi connectivity index (χ1n) is 34.6. The Kier molecular flexibility index (Phi) is 58.3. The Morgan fingerprint density at radius 2 is 0.541 bits per heavy atom. The number of ether oxygens (including phenoxy) is 4. The zero-order chi connectivity index (χ0) is 62.8. The minimum Gasteiger partial charge on any atom is -0.462 e. The van der Waals surface area contributed by atoms with Crippen molar-refractivity contribution >= 4 is 39.5 Å². The van der Waals surface area contributed by atoms with Gasteiger partial charge in [-0.05, 0) is 31.6 Å². The minimum absolute atomic E-state index is 0.106. The highest BCUT2D eigenvalue weighted by Gasteiger charge is 2.30. The molecule has 0 heterocycles. The first-order chi connectivity index (χ1) is 41.0. The van der Waals surface area contributed by atoms with E-state index in [1.165, 1.54) is 154 Å². The maximum atomic E-state index is 13.0. The van der Waals surface area contributed by atoms with Crippen LogP contribution in [0.3, 0.4) is 0 Å². The van der Waals surface area contributed by atoms with Gasteiger partial charge in [0.25, 0.3) is 0 Å². The van der Waals surface area contributed by atoms with E-state index < -0.39 is 97.5 Å². The SMILES string of the molecule is CCCCCCCCCCCCCCC(=O)OC[C@H](COP(=O)(O)OC[C@@H](O)COP(=O)(O)OC[C@@H](COC(=O)CCCCCCC)OC(=O)CCCCCCCCCCCCCC)OC(=O)CCCCCCCCCCCCCCCC(C)C. The molecule has 0 radical (unpaired) electrons. The zero-order valence-corrected chi connectivity index (χ0v) is 56.5. The van der Waals surface area contributed by atoms with Crippen molar-refractivity contribution in [2.45, 2.75) is 355 Å². The Morgan fingerprint density at radius 3 is 0.800 bits per heavy atom. The predicted octanol–water partition coefficient (Wildman–Crippen LogP) is 18.6. The molecule has 0 aromatic carbocycles. The van der Waals surface area contributed by atoms with Crippen LogP contribution in [-0.4, -0.2) is 96.7 Å². The van der Waals surface area contributed by atoms with Gasteiger partial charge in [-0.1, -0.05) is 285 Å². The second kappa shape index (κ2) is 59.7. The van der Waals surface area contributed by atoms with Crippen LogP contribution in [-0.2, 0) is 65.4 Å². The third kappa shape index (κ3) is 60.7. The van der Waals surface area contributed by atoms with Crippen LogP contribution in [0.1, 0.15) is 336 Å². The van der Waals surface area contributed by atoms with Crippen molar-refractivity contribution in [3.63, 3.8) is 0 Å². The largest absolute Gasteiger partial charge is 0.472 e. The van der Waals surface area contributed by atoms with Crippen LogP contribution in [0.5, 0.6) is 0 Å². The highest BCUT2D eigenvalue weighted by atomic mass is 31.2. The molecule has 85 heavy (non-hydrogen) atoms. The van der Waals surface area contributed by atoms with Gasteiger partial charge in [0.1, 0.15) is 19.3 Å². The topological polar surface area (TPSA) is 237 Å². The van der Waals surface area contributed by atoms with E-state index in [0.717, 1.165) is 102 Å². The molecule has 0 aliphatic carbocycles. The van der Waals surface area contributed by atoms with Gasteiger partial charge in [-0.3, -0.25) is 37.3 Å². The molecule has 5 atom stereocenters. The molecule has 0 rings (SSSR count). The normalized spacial score (nSPS) is 14.2. The van der Waals surface area contributed by atoms with Crippen LogP contribution in [0.2, 0.25) is 0 Å². The van der Waals surface area contributed by atoms with Crippen molar-refractivity contribution in [2.75, 3.05) is 39.6 Å². The highest BCUT2D eigenvalue weighted by molar-refractivity contribution is 7.47. The Hall–Kier alpha value is -1.94. The smallest absolute Gasteiger partial charge is 0.462 e. The van der Waals surface area contributed by atoms with Gasteiger partial charge in [-0.25, -0.2) is 9.13 Å². The number of hydrogen-bond acceptors (Lipinski definition) is 15. The molecule has 0 aliphatic heterocycles. The molecule has 0 fully saturated rings. The molecule has 504 valence electrons. The molecule has 0 spiro atoms. The Bertz CT molecular complexity index is 1650. The van der Waals surface area contributed by atoms with Crippen LogP contribution < -0.4 is 0 Å². The number of unbranched alkanes of at least 4 members (excludes halogenated alkanes) is 38. The standard InChI is InChI=1S/C66H128O17P2/c1-6-9-12-15-17-19-21-27-31-35-40-45-50-64(69)77-56-62(83-66(71)52-47-42-37-33-29-25-23-24-26-30-34-39-43-48-59(4)5)58-81-85(74,75)79-54-60(67)53-78-84(72,73)80-57-61(55-76-63(68)49-44-38-14-11-8-3)82-65(70)51-46-41-36-32-28-22-20-18-16-13-10-7-2/h59-62,67H,6-58H2,1-5H3,(H,72,73)(H,74,75)/t60-,61+,62+/m0/s1. The van der Waals surface area contributed by atoms with Crippen molar-refractivity contribution in [3.05, 3.63) is 0 Å². The highest BCUT2D eigenvalue weighted by Crippen LogP contribution is 2.45. The van der Waals surface area contributed by atoms with Crippen LogP contribution in [0.4, 0.5) is 0 Å². The summed E-state index contributed by atoms with van der Waals surface area (Å²) in [6.07, 6.45) is 44.7. The number of rotatable bonds is 66. The average molecular weight is 1260 g/mol. The van der Waals surface area contributed by atoms with E-state index in [9.17, 15) is 43.2 Å². The molecule has 17 nitrogen and oxygen atoms in total. The van der Waals surface area contributed by atoms with Gasteiger partial charge in [0, 0.05) is 25.7 Å². The summed E-state index contributed by atoms with van der Waals surface area (Å²) >= 11 is 0. The molecule has 0 aromatic heterocycles. The third-order valence-corrected chi connectivity index (χ3v) is 17.2. The molecule has 0 amide bonds. The fraction of sp³-hybridized carbons (Fsp3) is 0.939. The van der Waals surface area contributed by atoms with Crippen LogP contribution in [0.15, 0.2) is 0 Å². The number of carbonyl (C=O) groups excluding carboxylic acids is 4. The van der Waals surface area contributed by atoms with E-state index in [4.69, 9.17) is 37.0 Å². The number of esters is 4. The van der Waals surface area contributed by atoms with E-state index in [1.807, 2.05) is 0 Å². The van der Waals surface area contributed by atoms with E-state index in [0.29, 0.717) is 25.7 Å². The number of phosphoric acid groups is 2. The van der Waals surface area contributed by atoms with Gasteiger partial charge in [-0.15, -0.1) is 0 Å². The molecule has 0 bridgehead atoms. The second-order valence-corrected chi connectivity index (χ2v) is 27.2. The lowest BCUT2D eigenvalue weighted by molar-refractivity contribution is -0.161. The Labute approximate surface area is 517 Å². The molecule has 0 aromatic rings. The summed E-state index contributed by atoms with van der Waals surface area (Å²) in [6, 6.07) is 0. The summed E-state index contributed by atoms with van der Waals surface area (Å²) < 4.78 is 67.9. The maximum absolute atomic E-state index is 13.0. The molecule has 0 aliphatic rings. The summed E-state index contributed by atoms with van der Waals surface area (Å²) in [5.74, 6) is -1.35. The fourth-order valence-corrected chi connectivity index (χ4v) is 11.5. The van der Waals surface area contributed by atoms with Gasteiger partial charge in [0.15, 0.2) is 12.2 Å². The van der Waals surface area contributed by atoms with Crippen molar-refractivity contribution < 1.29 is 80.2 Å². The number of hydrogen-bond donors (Lipinski definition) is 3. The van der Waals surface area contributed by atoms with Crippen molar-refractivity contribution in [1.29, 1.82) is 0 Å². The Morgan fingerprint density at radius 1 is 0.318 bits per heavy atom. The number of aliphatic hydroxyl groups excluding tert-OH is 1. The van der Waals surface area contributed by atoms with Crippen LogP contribution >= 0.6 is 15.6 Å². The summed E-state index contributed by atoms with van der Waals surface area (Å²) in [5, 5.41) is 10.5. The number of aliphatic hydroxyl groups is 1. The monoisotopic (exact) mass is 1250 g/mol. The molecule has 19 heteroatoms. The van der Waals surface area contributed by atoms with Gasteiger partial charge in [-0.2, -0.15) is 0 Å². The molecular formula is C66H128O17P2. The van der Waals surface area contributed by atoms with E-state index in [2.05, 4.69) is 34.6 Å².